The Morgan fingerprint density at radius 3 is 2.74 bits per heavy atom. The van der Waals surface area contributed by atoms with Crippen LogP contribution in [0.2, 0.25) is 0 Å². The number of aliphatic hydroxyl groups is 1. The Morgan fingerprint density at radius 2 is 2.11 bits per heavy atom. The van der Waals surface area contributed by atoms with E-state index < -0.39 is 0 Å². The number of nitrogen functional groups attached to an aromatic ring is 1. The van der Waals surface area contributed by atoms with Gasteiger partial charge in [-0.15, -0.1) is 0 Å². The van der Waals surface area contributed by atoms with Gasteiger partial charge in [-0.3, -0.25) is 0 Å². The van der Waals surface area contributed by atoms with Gasteiger partial charge in [0.1, 0.15) is 0 Å². The van der Waals surface area contributed by atoms with Crippen molar-refractivity contribution in [2.75, 3.05) is 25.4 Å². The molecule has 1 aromatic carbocycles. The fourth-order valence-corrected chi connectivity index (χ4v) is 2.91. The van der Waals surface area contributed by atoms with Gasteiger partial charge in [0.25, 0.3) is 0 Å². The van der Waals surface area contributed by atoms with Crippen LogP contribution in [0.3, 0.4) is 0 Å². The molecule has 3 nitrogen and oxygen atoms in total. The summed E-state index contributed by atoms with van der Waals surface area (Å²) in [6.45, 7) is 5.33. The van der Waals surface area contributed by atoms with Gasteiger partial charge in [0.15, 0.2) is 0 Å². The fraction of sp³-hybridized carbons (Fsp3) is 0.625. The molecule has 0 bridgehead atoms. The molecule has 19 heavy (non-hydrogen) atoms. The van der Waals surface area contributed by atoms with E-state index in [0.29, 0.717) is 5.92 Å². The summed E-state index contributed by atoms with van der Waals surface area (Å²) in [5.41, 5.74) is 7.97. The maximum Gasteiger partial charge on any atom is 0.0541 e. The molecule has 0 saturated carbocycles. The normalized spacial score (nSPS) is 19.5. The lowest BCUT2D eigenvalue weighted by atomic mass is 9.92. The molecule has 1 unspecified atom stereocenters. The summed E-state index contributed by atoms with van der Waals surface area (Å²) in [6.07, 6.45) is 4.41. The van der Waals surface area contributed by atoms with Gasteiger partial charge in [-0.1, -0.05) is 12.1 Å². The summed E-state index contributed by atoms with van der Waals surface area (Å²) in [4.78, 5) is 2.52. The monoisotopic (exact) mass is 262 g/mol. The summed E-state index contributed by atoms with van der Waals surface area (Å²) in [5, 5.41) is 9.58. The van der Waals surface area contributed by atoms with Crippen LogP contribution in [-0.4, -0.2) is 35.7 Å². The lowest BCUT2D eigenvalue weighted by molar-refractivity contribution is 0.0716. The van der Waals surface area contributed by atoms with Gasteiger partial charge in [-0.05, 0) is 75.9 Å². The van der Waals surface area contributed by atoms with Crippen LogP contribution in [0.25, 0.3) is 0 Å². The molecule has 3 N–H and O–H groups in total. The number of nitrogens with zero attached hydrogens (tertiary/aromatic N) is 1. The maximum atomic E-state index is 9.58. The van der Waals surface area contributed by atoms with Crippen molar-refractivity contribution in [1.29, 1.82) is 0 Å². The minimum absolute atomic E-state index is 0.144. The molecular formula is C16H26N2O. The molecule has 1 atom stereocenters. The topological polar surface area (TPSA) is 49.5 Å². The molecule has 0 amide bonds. The summed E-state index contributed by atoms with van der Waals surface area (Å²) >= 11 is 0. The Hall–Kier alpha value is -1.06. The van der Waals surface area contributed by atoms with E-state index in [-0.39, 0.29) is 6.10 Å². The van der Waals surface area contributed by atoms with Gasteiger partial charge in [0.05, 0.1) is 6.10 Å². The Kier molecular flexibility index (Phi) is 5.23. The van der Waals surface area contributed by atoms with Crippen molar-refractivity contribution in [1.82, 2.24) is 4.90 Å². The Morgan fingerprint density at radius 1 is 1.37 bits per heavy atom. The van der Waals surface area contributed by atoms with Gasteiger partial charge in [0, 0.05) is 5.69 Å². The number of aliphatic hydroxyl groups excluding tert-OH is 1. The number of anilines is 1. The predicted octanol–water partition coefficient (Wildman–Crippen LogP) is 2.29. The zero-order valence-corrected chi connectivity index (χ0v) is 11.9. The van der Waals surface area contributed by atoms with Crippen molar-refractivity contribution in [3.05, 3.63) is 29.8 Å². The van der Waals surface area contributed by atoms with Gasteiger partial charge in [-0.25, -0.2) is 0 Å². The van der Waals surface area contributed by atoms with Gasteiger partial charge in [0.2, 0.25) is 0 Å². The lowest BCUT2D eigenvalue weighted by Gasteiger charge is -2.33. The van der Waals surface area contributed by atoms with Crippen molar-refractivity contribution in [3.63, 3.8) is 0 Å². The number of benzene rings is 1. The van der Waals surface area contributed by atoms with Crippen molar-refractivity contribution in [3.8, 4) is 0 Å². The van der Waals surface area contributed by atoms with Gasteiger partial charge in [-0.2, -0.15) is 0 Å². The average molecular weight is 262 g/mol. The molecule has 0 aromatic heterocycles. The first-order valence-corrected chi connectivity index (χ1v) is 7.40. The standard InChI is InChI=1S/C16H26N2O/c1-13(19)15-7-10-18(11-8-15)9-3-5-14-4-2-6-16(17)12-14/h2,4,6,12-13,15,19H,3,5,7-11,17H2,1H3. The minimum atomic E-state index is -0.144. The van der Waals surface area contributed by atoms with E-state index in [1.54, 1.807) is 0 Å². The summed E-state index contributed by atoms with van der Waals surface area (Å²) in [7, 11) is 0. The first kappa shape index (κ1) is 14.4. The van der Waals surface area contributed by atoms with Crippen LogP contribution in [0.4, 0.5) is 5.69 Å². The van der Waals surface area contributed by atoms with E-state index in [9.17, 15) is 5.11 Å². The highest BCUT2D eigenvalue weighted by Crippen LogP contribution is 2.20. The highest BCUT2D eigenvalue weighted by atomic mass is 16.3. The molecule has 106 valence electrons. The first-order valence-electron chi connectivity index (χ1n) is 7.40. The summed E-state index contributed by atoms with van der Waals surface area (Å²) < 4.78 is 0. The van der Waals surface area contributed by atoms with Crippen molar-refractivity contribution >= 4 is 5.69 Å². The van der Waals surface area contributed by atoms with Crippen molar-refractivity contribution in [2.24, 2.45) is 5.92 Å². The number of piperidine rings is 1. The Bertz CT molecular complexity index is 384. The smallest absolute Gasteiger partial charge is 0.0541 e. The second-order valence-electron chi connectivity index (χ2n) is 5.77. The zero-order chi connectivity index (χ0) is 13.7. The number of hydrogen-bond acceptors (Lipinski definition) is 3. The molecular weight excluding hydrogens is 236 g/mol. The van der Waals surface area contributed by atoms with E-state index in [1.165, 1.54) is 12.0 Å². The molecule has 1 aliphatic rings. The molecule has 1 aliphatic heterocycles. The molecule has 0 radical (unpaired) electrons. The number of likely N-dealkylation sites (tertiary alicyclic amines) is 1. The third kappa shape index (κ3) is 4.51. The van der Waals surface area contributed by atoms with Gasteiger partial charge >= 0.3 is 0 Å². The number of nitrogens with two attached hydrogens (primary N) is 1. The minimum Gasteiger partial charge on any atom is -0.399 e. The summed E-state index contributed by atoms with van der Waals surface area (Å²) in [5.74, 6) is 0.505. The third-order valence-corrected chi connectivity index (χ3v) is 4.21. The van der Waals surface area contributed by atoms with Crippen LogP contribution >= 0.6 is 0 Å². The van der Waals surface area contributed by atoms with E-state index in [4.69, 9.17) is 5.73 Å². The number of rotatable bonds is 5. The van der Waals surface area contributed by atoms with Gasteiger partial charge < -0.3 is 15.7 Å². The molecule has 1 aromatic rings. The Balaban J connectivity index is 1.67. The van der Waals surface area contributed by atoms with Crippen LogP contribution < -0.4 is 5.73 Å². The molecule has 1 heterocycles. The van der Waals surface area contributed by atoms with Crippen molar-refractivity contribution in [2.45, 2.75) is 38.7 Å². The second kappa shape index (κ2) is 6.92. The maximum absolute atomic E-state index is 9.58. The Labute approximate surface area is 116 Å². The highest BCUT2D eigenvalue weighted by Gasteiger charge is 2.21. The van der Waals surface area contributed by atoms with Crippen molar-refractivity contribution < 1.29 is 5.11 Å². The van der Waals surface area contributed by atoms with Crippen LogP contribution in [-0.2, 0) is 6.42 Å². The molecule has 1 fully saturated rings. The lowest BCUT2D eigenvalue weighted by Crippen LogP contribution is -2.37. The predicted molar refractivity (Wildman–Crippen MR) is 80.0 cm³/mol. The average Bonchev–Trinajstić information content (AvgIpc) is 2.39. The zero-order valence-electron chi connectivity index (χ0n) is 11.9. The molecule has 0 spiro atoms. The third-order valence-electron chi connectivity index (χ3n) is 4.21. The van der Waals surface area contributed by atoms with Crippen LogP contribution in [0.15, 0.2) is 24.3 Å². The fourth-order valence-electron chi connectivity index (χ4n) is 2.91. The molecule has 1 saturated heterocycles. The molecule has 2 rings (SSSR count). The SMILES string of the molecule is CC(O)C1CCN(CCCc2cccc(N)c2)CC1. The summed E-state index contributed by atoms with van der Waals surface area (Å²) in [6, 6.07) is 8.18. The second-order valence-corrected chi connectivity index (χ2v) is 5.77. The quantitative estimate of drug-likeness (QED) is 0.801. The molecule has 0 aliphatic carbocycles. The van der Waals surface area contributed by atoms with E-state index in [1.807, 2.05) is 19.1 Å². The van der Waals surface area contributed by atoms with E-state index >= 15 is 0 Å². The molecule has 3 heteroatoms. The van der Waals surface area contributed by atoms with Crippen LogP contribution in [0, 0.1) is 5.92 Å². The highest BCUT2D eigenvalue weighted by molar-refractivity contribution is 5.40. The number of aryl methyl sites for hydroxylation is 1. The van der Waals surface area contributed by atoms with E-state index in [2.05, 4.69) is 17.0 Å². The first-order chi connectivity index (χ1) is 9.15. The number of hydrogen-bond donors (Lipinski definition) is 2. The largest absolute Gasteiger partial charge is 0.399 e. The van der Waals surface area contributed by atoms with Crippen LogP contribution in [0.1, 0.15) is 31.7 Å². The van der Waals surface area contributed by atoms with E-state index in [0.717, 1.165) is 44.6 Å². The van der Waals surface area contributed by atoms with Crippen LogP contribution in [0.5, 0.6) is 0 Å².